The predicted molar refractivity (Wildman–Crippen MR) is 117 cm³/mol. The Morgan fingerprint density at radius 2 is 1.78 bits per heavy atom. The smallest absolute Gasteiger partial charge is 0.355 e. The van der Waals surface area contributed by atoms with Gasteiger partial charge in [-0.3, -0.25) is 0 Å². The van der Waals surface area contributed by atoms with Crippen molar-refractivity contribution in [1.29, 1.82) is 0 Å². The fourth-order valence-electron chi connectivity index (χ4n) is 3.35. The van der Waals surface area contributed by atoms with Gasteiger partial charge in [-0.25, -0.2) is 14.6 Å². The fourth-order valence-corrected chi connectivity index (χ4v) is 4.50. The largest absolute Gasteiger partial charge is 0.478 e. The van der Waals surface area contributed by atoms with Crippen molar-refractivity contribution in [3.8, 4) is 11.5 Å². The van der Waals surface area contributed by atoms with Gasteiger partial charge in [-0.15, -0.1) is 0 Å². The molecule has 3 aromatic rings. The van der Waals surface area contributed by atoms with Crippen molar-refractivity contribution >= 4 is 35.3 Å². The molecule has 32 heavy (non-hydrogen) atoms. The van der Waals surface area contributed by atoms with E-state index in [1.54, 1.807) is 28.8 Å². The zero-order valence-corrected chi connectivity index (χ0v) is 18.7. The Morgan fingerprint density at radius 1 is 1.12 bits per heavy atom. The second-order valence-electron chi connectivity index (χ2n) is 7.40. The first-order valence-electron chi connectivity index (χ1n) is 9.67. The minimum atomic E-state index is -1.12. The second kappa shape index (κ2) is 8.76. The molecule has 4 rings (SSSR count). The number of hydrogen-bond acceptors (Lipinski definition) is 6. The standard InChI is InChI=1S/C22H19ClN2O6S/c1-11(2)19-24-20(32-14-5-3-12(4-6-14)21(26)27)18(22(28)29)25(19)9-13-7-16-17(8-15(13)23)31-10-30-16/h3-8,11H,9-10H2,1-2H3,(H,26,27)(H,28,29). The molecule has 0 saturated heterocycles. The second-order valence-corrected chi connectivity index (χ2v) is 8.87. The van der Waals surface area contributed by atoms with E-state index in [1.165, 1.54) is 23.9 Å². The maximum atomic E-state index is 12.2. The third-order valence-corrected chi connectivity index (χ3v) is 6.21. The van der Waals surface area contributed by atoms with E-state index < -0.39 is 11.9 Å². The highest BCUT2D eigenvalue weighted by molar-refractivity contribution is 7.99. The van der Waals surface area contributed by atoms with Crippen LogP contribution in [0.1, 0.15) is 52.0 Å². The van der Waals surface area contributed by atoms with Crippen molar-refractivity contribution in [3.05, 3.63) is 64.1 Å². The van der Waals surface area contributed by atoms with Crippen molar-refractivity contribution in [2.75, 3.05) is 6.79 Å². The van der Waals surface area contributed by atoms with E-state index >= 15 is 0 Å². The first-order valence-corrected chi connectivity index (χ1v) is 10.9. The summed E-state index contributed by atoms with van der Waals surface area (Å²) < 4.78 is 12.4. The summed E-state index contributed by atoms with van der Waals surface area (Å²) in [5, 5.41) is 19.8. The number of nitrogens with zero attached hydrogens (tertiary/aromatic N) is 2. The molecule has 2 N–H and O–H groups in total. The number of carboxylic acid groups (broad SMARTS) is 2. The first-order chi connectivity index (χ1) is 15.2. The van der Waals surface area contributed by atoms with E-state index in [9.17, 15) is 14.7 Å². The van der Waals surface area contributed by atoms with Crippen LogP contribution >= 0.6 is 23.4 Å². The molecular formula is C22H19ClN2O6S. The molecule has 0 saturated carbocycles. The monoisotopic (exact) mass is 474 g/mol. The molecule has 0 amide bonds. The van der Waals surface area contributed by atoms with E-state index in [0.29, 0.717) is 37.8 Å². The van der Waals surface area contributed by atoms with E-state index in [2.05, 4.69) is 4.98 Å². The Labute approximate surface area is 192 Å². The molecule has 0 bridgehead atoms. The van der Waals surface area contributed by atoms with Gasteiger partial charge in [0, 0.05) is 21.9 Å². The summed E-state index contributed by atoms with van der Waals surface area (Å²) in [4.78, 5) is 28.6. The van der Waals surface area contributed by atoms with Crippen LogP contribution < -0.4 is 9.47 Å². The maximum absolute atomic E-state index is 12.2. The Morgan fingerprint density at radius 3 is 2.38 bits per heavy atom. The van der Waals surface area contributed by atoms with Gasteiger partial charge in [0.25, 0.3) is 0 Å². The van der Waals surface area contributed by atoms with Crippen LogP contribution in [0.5, 0.6) is 11.5 Å². The topological polar surface area (TPSA) is 111 Å². The van der Waals surface area contributed by atoms with Gasteiger partial charge in [-0.1, -0.05) is 37.2 Å². The lowest BCUT2D eigenvalue weighted by Crippen LogP contribution is -2.14. The van der Waals surface area contributed by atoms with E-state index in [0.717, 1.165) is 0 Å². The van der Waals surface area contributed by atoms with Crippen LogP contribution in [0.25, 0.3) is 0 Å². The van der Waals surface area contributed by atoms with Crippen molar-refractivity contribution in [2.45, 2.75) is 36.2 Å². The summed E-state index contributed by atoms with van der Waals surface area (Å²) in [5.41, 5.74) is 0.869. The number of aromatic nitrogens is 2. The molecule has 0 unspecified atom stereocenters. The Balaban J connectivity index is 1.74. The van der Waals surface area contributed by atoms with Crippen LogP contribution in [-0.2, 0) is 6.54 Å². The molecule has 0 radical (unpaired) electrons. The number of benzene rings is 2. The average molecular weight is 475 g/mol. The van der Waals surface area contributed by atoms with Crippen molar-refractivity contribution in [3.63, 3.8) is 0 Å². The van der Waals surface area contributed by atoms with E-state index in [4.69, 9.17) is 26.2 Å². The summed E-state index contributed by atoms with van der Waals surface area (Å²) in [6, 6.07) is 9.60. The third kappa shape index (κ3) is 4.26. The number of fused-ring (bicyclic) bond motifs is 1. The van der Waals surface area contributed by atoms with E-state index in [1.807, 2.05) is 13.8 Å². The predicted octanol–water partition coefficient (Wildman–Crippen LogP) is 4.98. The fraction of sp³-hybridized carbons (Fsp3) is 0.227. The van der Waals surface area contributed by atoms with Crippen molar-refractivity contribution < 1.29 is 29.3 Å². The lowest BCUT2D eigenvalue weighted by Gasteiger charge is -2.14. The van der Waals surface area contributed by atoms with Crippen LogP contribution in [0.2, 0.25) is 5.02 Å². The lowest BCUT2D eigenvalue weighted by atomic mass is 10.1. The number of carboxylic acids is 2. The maximum Gasteiger partial charge on any atom is 0.355 e. The van der Waals surface area contributed by atoms with Gasteiger partial charge >= 0.3 is 11.9 Å². The minimum absolute atomic E-state index is 0.0368. The number of carbonyl (C=O) groups is 2. The molecule has 10 heteroatoms. The van der Waals surface area contributed by atoms with Gasteiger partial charge in [-0.05, 0) is 35.9 Å². The number of imidazole rings is 1. The molecule has 1 aliphatic heterocycles. The highest BCUT2D eigenvalue weighted by atomic mass is 35.5. The zero-order valence-electron chi connectivity index (χ0n) is 17.2. The molecule has 0 atom stereocenters. The Kier molecular flexibility index (Phi) is 6.03. The third-order valence-electron chi connectivity index (χ3n) is 4.87. The molecule has 1 aliphatic rings. The Bertz CT molecular complexity index is 1210. The summed E-state index contributed by atoms with van der Waals surface area (Å²) in [6.45, 7) is 4.17. The summed E-state index contributed by atoms with van der Waals surface area (Å²) in [7, 11) is 0. The number of rotatable bonds is 7. The zero-order chi connectivity index (χ0) is 23.0. The summed E-state index contributed by atoms with van der Waals surface area (Å²) in [5.74, 6) is -0.496. The van der Waals surface area contributed by atoms with Crippen molar-refractivity contribution in [2.24, 2.45) is 0 Å². The van der Waals surface area contributed by atoms with Gasteiger partial charge in [0.2, 0.25) is 6.79 Å². The first kappa shape index (κ1) is 22.0. The SMILES string of the molecule is CC(C)c1nc(Sc2ccc(C(=O)O)cc2)c(C(=O)O)n1Cc1cc2c(cc1Cl)OCO2. The molecule has 0 aliphatic carbocycles. The van der Waals surface area contributed by atoms with Gasteiger partial charge in [0.05, 0.1) is 12.1 Å². The van der Waals surface area contributed by atoms with Crippen LogP contribution in [0.3, 0.4) is 0 Å². The quantitative estimate of drug-likeness (QED) is 0.493. The molecule has 1 aromatic heterocycles. The molecule has 2 aromatic carbocycles. The van der Waals surface area contributed by atoms with Crippen LogP contribution in [0.15, 0.2) is 46.3 Å². The molecule has 2 heterocycles. The van der Waals surface area contributed by atoms with E-state index in [-0.39, 0.29) is 30.5 Å². The van der Waals surface area contributed by atoms with Gasteiger partial charge in [0.1, 0.15) is 10.9 Å². The lowest BCUT2D eigenvalue weighted by molar-refractivity contribution is 0.0675. The number of halogens is 1. The van der Waals surface area contributed by atoms with Crippen molar-refractivity contribution in [1.82, 2.24) is 9.55 Å². The number of ether oxygens (including phenoxy) is 2. The Hall–Kier alpha value is -3.17. The minimum Gasteiger partial charge on any atom is -0.478 e. The highest BCUT2D eigenvalue weighted by Gasteiger charge is 2.26. The number of hydrogen-bond donors (Lipinski definition) is 2. The summed E-state index contributed by atoms with van der Waals surface area (Å²) >= 11 is 7.60. The van der Waals surface area contributed by atoms with Gasteiger partial charge in [-0.2, -0.15) is 0 Å². The van der Waals surface area contributed by atoms with Crippen LogP contribution in [0.4, 0.5) is 0 Å². The highest BCUT2D eigenvalue weighted by Crippen LogP contribution is 2.38. The summed E-state index contributed by atoms with van der Waals surface area (Å²) in [6.07, 6.45) is 0. The van der Waals surface area contributed by atoms with Gasteiger partial charge in [0.15, 0.2) is 17.2 Å². The molecule has 0 spiro atoms. The molecule has 166 valence electrons. The van der Waals surface area contributed by atoms with Crippen LogP contribution in [-0.4, -0.2) is 38.5 Å². The van der Waals surface area contributed by atoms with Crippen LogP contribution in [0, 0.1) is 0 Å². The van der Waals surface area contributed by atoms with Gasteiger partial charge < -0.3 is 24.3 Å². The average Bonchev–Trinajstić information content (AvgIpc) is 3.32. The normalized spacial score (nSPS) is 12.4. The molecular weight excluding hydrogens is 456 g/mol. The molecule has 8 nitrogen and oxygen atoms in total. The molecule has 0 fully saturated rings. The number of aromatic carboxylic acids is 2.